The SMILES string of the molecule is C[C@H]1CCC2(C)C(CCC3C2CCC2(C)C3CC[C@@H]2C(=O)Cn2nc3ccccc3n2)C1. The van der Waals surface area contributed by atoms with Crippen LogP contribution in [0.5, 0.6) is 0 Å². The zero-order valence-corrected chi connectivity index (χ0v) is 20.1. The minimum Gasteiger partial charge on any atom is -0.297 e. The molecule has 4 nitrogen and oxygen atoms in total. The van der Waals surface area contributed by atoms with Gasteiger partial charge in [-0.15, -0.1) is 0 Å². The topological polar surface area (TPSA) is 47.8 Å². The second-order valence-electron chi connectivity index (χ2n) is 12.4. The second-order valence-corrected chi connectivity index (χ2v) is 12.4. The number of rotatable bonds is 3. The van der Waals surface area contributed by atoms with Gasteiger partial charge < -0.3 is 0 Å². The van der Waals surface area contributed by atoms with Crippen LogP contribution in [0.4, 0.5) is 0 Å². The van der Waals surface area contributed by atoms with Crippen molar-refractivity contribution >= 4 is 16.8 Å². The summed E-state index contributed by atoms with van der Waals surface area (Å²) in [6.07, 6.45) is 12.0. The first-order valence-electron chi connectivity index (χ1n) is 13.2. The molecule has 32 heavy (non-hydrogen) atoms. The maximum absolute atomic E-state index is 13.5. The lowest BCUT2D eigenvalue weighted by atomic mass is 9.44. The van der Waals surface area contributed by atoms with Crippen molar-refractivity contribution in [3.63, 3.8) is 0 Å². The summed E-state index contributed by atoms with van der Waals surface area (Å²) in [6, 6.07) is 7.90. The highest BCUT2D eigenvalue weighted by Crippen LogP contribution is 2.67. The van der Waals surface area contributed by atoms with Crippen LogP contribution in [-0.4, -0.2) is 20.8 Å². The Morgan fingerprint density at radius 1 is 0.938 bits per heavy atom. The molecule has 1 aromatic heterocycles. The Hall–Kier alpha value is -1.71. The zero-order valence-electron chi connectivity index (χ0n) is 20.1. The predicted molar refractivity (Wildman–Crippen MR) is 127 cm³/mol. The van der Waals surface area contributed by atoms with E-state index < -0.39 is 0 Å². The third-order valence-electron chi connectivity index (χ3n) is 10.9. The molecule has 0 radical (unpaired) electrons. The standard InChI is InChI=1S/C28H39N3O/c1-18-12-14-27(2)19(16-18)8-9-20-21-10-11-23(28(21,3)15-13-22(20)27)26(32)17-31-29-24-6-4-5-7-25(24)30-31/h4-7,18-23H,8-17H2,1-3H3/t18-,19?,20?,21?,22?,23+,27?,28?/m0/s1. The number of aromatic nitrogens is 3. The Labute approximate surface area is 192 Å². The average Bonchev–Trinajstić information content (AvgIpc) is 3.34. The molecular weight excluding hydrogens is 394 g/mol. The lowest BCUT2D eigenvalue weighted by Crippen LogP contribution is -2.53. The van der Waals surface area contributed by atoms with Gasteiger partial charge >= 0.3 is 0 Å². The Morgan fingerprint density at radius 3 is 2.38 bits per heavy atom. The summed E-state index contributed by atoms with van der Waals surface area (Å²) in [5.41, 5.74) is 2.49. The van der Waals surface area contributed by atoms with Gasteiger partial charge in [0, 0.05) is 5.92 Å². The lowest BCUT2D eigenvalue weighted by Gasteiger charge is -2.61. The van der Waals surface area contributed by atoms with E-state index in [1.807, 2.05) is 24.3 Å². The molecular formula is C28H39N3O. The molecule has 172 valence electrons. The van der Waals surface area contributed by atoms with Crippen molar-refractivity contribution < 1.29 is 4.79 Å². The van der Waals surface area contributed by atoms with Crippen LogP contribution in [0.3, 0.4) is 0 Å². The molecule has 0 N–H and O–H groups in total. The molecule has 0 saturated heterocycles. The fraction of sp³-hybridized carbons (Fsp3) is 0.750. The van der Waals surface area contributed by atoms with Crippen molar-refractivity contribution in [2.45, 2.75) is 85.1 Å². The van der Waals surface area contributed by atoms with E-state index in [2.05, 4.69) is 31.0 Å². The Morgan fingerprint density at radius 2 is 1.62 bits per heavy atom. The van der Waals surface area contributed by atoms with Gasteiger partial charge in [0.2, 0.25) is 0 Å². The molecule has 0 amide bonds. The number of carbonyl (C=O) groups is 1. The third kappa shape index (κ3) is 3.04. The van der Waals surface area contributed by atoms with Crippen molar-refractivity contribution in [1.82, 2.24) is 15.0 Å². The maximum atomic E-state index is 13.5. The van der Waals surface area contributed by atoms with Crippen molar-refractivity contribution in [3.05, 3.63) is 24.3 Å². The second kappa shape index (κ2) is 7.40. The smallest absolute Gasteiger partial charge is 0.159 e. The number of hydrogen-bond acceptors (Lipinski definition) is 3. The molecule has 2 aromatic rings. The van der Waals surface area contributed by atoms with Crippen LogP contribution in [-0.2, 0) is 11.3 Å². The molecule has 0 bridgehead atoms. The summed E-state index contributed by atoms with van der Waals surface area (Å²) in [5.74, 6) is 4.86. The molecule has 6 rings (SSSR count). The lowest BCUT2D eigenvalue weighted by molar-refractivity contribution is -0.137. The first-order chi connectivity index (χ1) is 15.4. The van der Waals surface area contributed by atoms with Crippen molar-refractivity contribution in [2.24, 2.45) is 46.3 Å². The van der Waals surface area contributed by atoms with Gasteiger partial charge in [-0.05, 0) is 104 Å². The van der Waals surface area contributed by atoms with Gasteiger partial charge in [-0.1, -0.05) is 39.3 Å². The molecule has 4 heteroatoms. The highest BCUT2D eigenvalue weighted by atomic mass is 16.1. The van der Waals surface area contributed by atoms with E-state index in [1.54, 1.807) is 4.80 Å². The maximum Gasteiger partial charge on any atom is 0.159 e. The van der Waals surface area contributed by atoms with Gasteiger partial charge in [-0.3, -0.25) is 4.79 Å². The summed E-state index contributed by atoms with van der Waals surface area (Å²) in [5, 5.41) is 9.12. The molecule has 4 aliphatic carbocycles. The van der Waals surface area contributed by atoms with Gasteiger partial charge in [-0.25, -0.2) is 0 Å². The summed E-state index contributed by atoms with van der Waals surface area (Å²) in [7, 11) is 0. The quantitative estimate of drug-likeness (QED) is 0.571. The van der Waals surface area contributed by atoms with Crippen LogP contribution in [0.15, 0.2) is 24.3 Å². The highest BCUT2D eigenvalue weighted by molar-refractivity contribution is 5.82. The predicted octanol–water partition coefficient (Wildman–Crippen LogP) is 6.30. The van der Waals surface area contributed by atoms with Crippen LogP contribution in [0, 0.1) is 46.3 Å². The minimum atomic E-state index is 0.177. The van der Waals surface area contributed by atoms with Crippen LogP contribution in [0.25, 0.3) is 11.0 Å². The molecule has 0 spiro atoms. The van der Waals surface area contributed by atoms with Crippen LogP contribution in [0.2, 0.25) is 0 Å². The van der Waals surface area contributed by atoms with Gasteiger partial charge in [0.05, 0.1) is 0 Å². The average molecular weight is 434 g/mol. The molecule has 8 atom stereocenters. The third-order valence-corrected chi connectivity index (χ3v) is 10.9. The van der Waals surface area contributed by atoms with E-state index in [-0.39, 0.29) is 11.3 Å². The number of carbonyl (C=O) groups excluding carboxylic acids is 1. The van der Waals surface area contributed by atoms with Crippen LogP contribution >= 0.6 is 0 Å². The van der Waals surface area contributed by atoms with Crippen molar-refractivity contribution in [2.75, 3.05) is 0 Å². The minimum absolute atomic E-state index is 0.177. The first-order valence-corrected chi connectivity index (χ1v) is 13.2. The molecule has 4 aliphatic rings. The normalized spacial score (nSPS) is 43.5. The number of hydrogen-bond donors (Lipinski definition) is 0. The highest BCUT2D eigenvalue weighted by Gasteiger charge is 2.60. The summed E-state index contributed by atoms with van der Waals surface area (Å²) in [4.78, 5) is 15.2. The van der Waals surface area contributed by atoms with E-state index in [1.165, 1.54) is 51.4 Å². The summed E-state index contributed by atoms with van der Waals surface area (Å²) >= 11 is 0. The van der Waals surface area contributed by atoms with E-state index >= 15 is 0 Å². The van der Waals surface area contributed by atoms with Crippen LogP contribution < -0.4 is 0 Å². The number of nitrogens with zero attached hydrogens (tertiary/aromatic N) is 3. The van der Waals surface area contributed by atoms with E-state index in [9.17, 15) is 4.79 Å². The number of Topliss-reactive ketones (excluding diaryl/α,β-unsaturated/α-hetero) is 1. The number of ketones is 1. The molecule has 0 aliphatic heterocycles. The molecule has 4 fully saturated rings. The largest absolute Gasteiger partial charge is 0.297 e. The van der Waals surface area contributed by atoms with Gasteiger partial charge in [0.15, 0.2) is 5.78 Å². The van der Waals surface area contributed by atoms with E-state index in [0.29, 0.717) is 17.7 Å². The van der Waals surface area contributed by atoms with Crippen LogP contribution in [0.1, 0.15) is 78.6 Å². The van der Waals surface area contributed by atoms with Gasteiger partial charge in [0.1, 0.15) is 17.6 Å². The fourth-order valence-electron chi connectivity index (χ4n) is 9.23. The van der Waals surface area contributed by atoms with Gasteiger partial charge in [-0.2, -0.15) is 15.0 Å². The van der Waals surface area contributed by atoms with Crippen molar-refractivity contribution in [1.29, 1.82) is 0 Å². The first kappa shape index (κ1) is 20.9. The fourth-order valence-corrected chi connectivity index (χ4v) is 9.23. The Bertz CT molecular complexity index is 996. The number of benzene rings is 1. The van der Waals surface area contributed by atoms with E-state index in [4.69, 9.17) is 0 Å². The summed E-state index contributed by atoms with van der Waals surface area (Å²) < 4.78 is 0. The molecule has 1 heterocycles. The zero-order chi connectivity index (χ0) is 22.1. The molecule has 4 saturated carbocycles. The Balaban J connectivity index is 1.21. The molecule has 1 aromatic carbocycles. The Kier molecular flexibility index (Phi) is 4.82. The number of fused-ring (bicyclic) bond motifs is 6. The van der Waals surface area contributed by atoms with Gasteiger partial charge in [0.25, 0.3) is 0 Å². The molecule has 6 unspecified atom stereocenters. The van der Waals surface area contributed by atoms with E-state index in [0.717, 1.165) is 47.0 Å². The van der Waals surface area contributed by atoms with Crippen molar-refractivity contribution in [3.8, 4) is 0 Å². The monoisotopic (exact) mass is 433 g/mol. The summed E-state index contributed by atoms with van der Waals surface area (Å²) in [6.45, 7) is 7.91.